The molecule has 0 unspecified atom stereocenters. The Labute approximate surface area is 112 Å². The Kier molecular flexibility index (Phi) is 4.44. The summed E-state index contributed by atoms with van der Waals surface area (Å²) in [4.78, 5) is 4.29. The van der Waals surface area contributed by atoms with Crippen molar-refractivity contribution in [3.63, 3.8) is 0 Å². The van der Waals surface area contributed by atoms with Crippen LogP contribution in [0.4, 0.5) is 0 Å². The third-order valence-corrected chi connectivity index (χ3v) is 3.18. The van der Waals surface area contributed by atoms with Crippen LogP contribution in [0.5, 0.6) is 6.08 Å². The zero-order valence-electron chi connectivity index (χ0n) is 10.1. The number of hydrogen-bond acceptors (Lipinski definition) is 4. The van der Waals surface area contributed by atoms with Crippen LogP contribution in [0.25, 0.3) is 11.1 Å². The lowest BCUT2D eigenvalue weighted by molar-refractivity contribution is 0.172. The fourth-order valence-electron chi connectivity index (χ4n) is 2.15. The molecular formula is C13H17ClN2O2. The number of hydrogen-bond donors (Lipinski definition) is 1. The van der Waals surface area contributed by atoms with Crippen molar-refractivity contribution in [1.82, 2.24) is 10.3 Å². The lowest BCUT2D eigenvalue weighted by Crippen LogP contribution is -2.30. The average molecular weight is 269 g/mol. The molecule has 1 fully saturated rings. The molecule has 0 spiro atoms. The molecule has 0 bridgehead atoms. The summed E-state index contributed by atoms with van der Waals surface area (Å²) in [6, 6.07) is 7.71. The van der Waals surface area contributed by atoms with Crippen LogP contribution in [0.1, 0.15) is 12.8 Å². The number of ether oxygens (including phenoxy) is 1. The van der Waals surface area contributed by atoms with Crippen molar-refractivity contribution in [1.29, 1.82) is 0 Å². The molecule has 1 aliphatic heterocycles. The molecule has 1 aromatic heterocycles. The highest BCUT2D eigenvalue weighted by Crippen LogP contribution is 2.21. The van der Waals surface area contributed by atoms with Crippen LogP contribution in [0, 0.1) is 5.92 Å². The van der Waals surface area contributed by atoms with Gasteiger partial charge in [0.05, 0.1) is 6.61 Å². The lowest BCUT2D eigenvalue weighted by Gasteiger charge is -2.21. The van der Waals surface area contributed by atoms with Crippen molar-refractivity contribution >= 4 is 23.5 Å². The molecule has 1 N–H and O–H groups in total. The van der Waals surface area contributed by atoms with Gasteiger partial charge in [0.1, 0.15) is 5.52 Å². The second-order valence-corrected chi connectivity index (χ2v) is 4.45. The lowest BCUT2D eigenvalue weighted by atomic mass is 9.99. The summed E-state index contributed by atoms with van der Waals surface area (Å²) in [5, 5.41) is 3.34. The topological polar surface area (TPSA) is 47.3 Å². The summed E-state index contributed by atoms with van der Waals surface area (Å²) in [5.41, 5.74) is 1.64. The zero-order chi connectivity index (χ0) is 11.5. The predicted molar refractivity (Wildman–Crippen MR) is 72.3 cm³/mol. The molecule has 1 aromatic carbocycles. The second kappa shape index (κ2) is 6.07. The highest BCUT2D eigenvalue weighted by molar-refractivity contribution is 5.85. The van der Waals surface area contributed by atoms with Crippen LogP contribution < -0.4 is 10.1 Å². The van der Waals surface area contributed by atoms with Crippen LogP contribution in [-0.4, -0.2) is 24.7 Å². The molecule has 0 saturated carbocycles. The van der Waals surface area contributed by atoms with E-state index in [-0.39, 0.29) is 12.4 Å². The Balaban J connectivity index is 0.00000120. The van der Waals surface area contributed by atoms with Gasteiger partial charge in [-0.15, -0.1) is 12.4 Å². The number of rotatable bonds is 3. The van der Waals surface area contributed by atoms with Gasteiger partial charge in [0.25, 0.3) is 0 Å². The smallest absolute Gasteiger partial charge is 0.394 e. The van der Waals surface area contributed by atoms with E-state index in [4.69, 9.17) is 9.15 Å². The molecule has 0 radical (unpaired) electrons. The number of halogens is 1. The van der Waals surface area contributed by atoms with Gasteiger partial charge in [-0.2, -0.15) is 4.98 Å². The first-order valence-electron chi connectivity index (χ1n) is 6.11. The number of para-hydroxylation sites is 2. The van der Waals surface area contributed by atoms with E-state index in [2.05, 4.69) is 10.3 Å². The average Bonchev–Trinajstić information content (AvgIpc) is 2.80. The summed E-state index contributed by atoms with van der Waals surface area (Å²) < 4.78 is 11.1. The monoisotopic (exact) mass is 268 g/mol. The minimum Gasteiger partial charge on any atom is -0.450 e. The molecule has 1 saturated heterocycles. The van der Waals surface area contributed by atoms with Crippen molar-refractivity contribution in [3.05, 3.63) is 24.3 Å². The van der Waals surface area contributed by atoms with Crippen LogP contribution >= 0.6 is 12.4 Å². The number of piperidine rings is 1. The Morgan fingerprint density at radius 3 is 2.83 bits per heavy atom. The molecule has 98 valence electrons. The zero-order valence-corrected chi connectivity index (χ0v) is 10.9. The van der Waals surface area contributed by atoms with Crippen LogP contribution in [0.3, 0.4) is 0 Å². The minimum atomic E-state index is 0. The van der Waals surface area contributed by atoms with E-state index < -0.39 is 0 Å². The van der Waals surface area contributed by atoms with Gasteiger partial charge in [-0.05, 0) is 44.0 Å². The fourth-order valence-corrected chi connectivity index (χ4v) is 2.15. The first-order chi connectivity index (χ1) is 8.42. The van der Waals surface area contributed by atoms with Gasteiger partial charge in [0.15, 0.2) is 5.58 Å². The largest absolute Gasteiger partial charge is 0.450 e. The highest BCUT2D eigenvalue weighted by Gasteiger charge is 2.15. The predicted octanol–water partition coefficient (Wildman–Crippen LogP) is 2.63. The standard InChI is InChI=1S/C13H16N2O2.ClH/c1-2-4-12-11(3-1)15-13(17-12)16-9-10-5-7-14-8-6-10;/h1-4,10,14H,5-9H2;1H. The van der Waals surface area contributed by atoms with Gasteiger partial charge in [-0.25, -0.2) is 0 Å². The van der Waals surface area contributed by atoms with E-state index in [1.807, 2.05) is 24.3 Å². The number of oxazole rings is 1. The number of aromatic nitrogens is 1. The second-order valence-electron chi connectivity index (χ2n) is 4.45. The van der Waals surface area contributed by atoms with Gasteiger partial charge >= 0.3 is 6.08 Å². The third-order valence-electron chi connectivity index (χ3n) is 3.18. The molecule has 18 heavy (non-hydrogen) atoms. The number of nitrogens with zero attached hydrogens (tertiary/aromatic N) is 1. The fraction of sp³-hybridized carbons (Fsp3) is 0.462. The SMILES string of the molecule is Cl.c1ccc2oc(OCC3CCNCC3)nc2c1. The van der Waals surface area contributed by atoms with Gasteiger partial charge in [0.2, 0.25) is 0 Å². The van der Waals surface area contributed by atoms with E-state index in [1.54, 1.807) is 0 Å². The molecule has 3 rings (SSSR count). The first-order valence-corrected chi connectivity index (χ1v) is 6.11. The summed E-state index contributed by atoms with van der Waals surface area (Å²) >= 11 is 0. The molecule has 2 aromatic rings. The Morgan fingerprint density at radius 2 is 2.06 bits per heavy atom. The molecule has 2 heterocycles. The van der Waals surface area contributed by atoms with Gasteiger partial charge in [-0.1, -0.05) is 12.1 Å². The minimum absolute atomic E-state index is 0. The number of fused-ring (bicyclic) bond motifs is 1. The van der Waals surface area contributed by atoms with Gasteiger partial charge in [-0.3, -0.25) is 0 Å². The van der Waals surface area contributed by atoms with Gasteiger partial charge in [0, 0.05) is 0 Å². The Morgan fingerprint density at radius 1 is 1.28 bits per heavy atom. The maximum atomic E-state index is 5.62. The summed E-state index contributed by atoms with van der Waals surface area (Å²) in [7, 11) is 0. The molecule has 0 amide bonds. The Bertz CT molecular complexity index is 461. The van der Waals surface area contributed by atoms with Crippen molar-refractivity contribution in [3.8, 4) is 6.08 Å². The number of benzene rings is 1. The van der Waals surface area contributed by atoms with Gasteiger partial charge < -0.3 is 14.5 Å². The quantitative estimate of drug-likeness (QED) is 0.930. The van der Waals surface area contributed by atoms with Crippen LogP contribution in [0.2, 0.25) is 0 Å². The Hall–Kier alpha value is -1.26. The molecule has 0 aliphatic carbocycles. The highest BCUT2D eigenvalue weighted by atomic mass is 35.5. The maximum Gasteiger partial charge on any atom is 0.394 e. The first kappa shape index (κ1) is 13.2. The summed E-state index contributed by atoms with van der Waals surface area (Å²) in [6.45, 7) is 2.87. The van der Waals surface area contributed by atoms with E-state index in [1.165, 1.54) is 12.8 Å². The van der Waals surface area contributed by atoms with E-state index in [0.29, 0.717) is 18.6 Å². The molecular weight excluding hydrogens is 252 g/mol. The van der Waals surface area contributed by atoms with Crippen LogP contribution in [0.15, 0.2) is 28.7 Å². The van der Waals surface area contributed by atoms with E-state index in [0.717, 1.165) is 24.2 Å². The van der Waals surface area contributed by atoms with E-state index >= 15 is 0 Å². The van der Waals surface area contributed by atoms with Crippen molar-refractivity contribution < 1.29 is 9.15 Å². The van der Waals surface area contributed by atoms with Crippen molar-refractivity contribution in [2.45, 2.75) is 12.8 Å². The molecule has 1 aliphatic rings. The molecule has 0 atom stereocenters. The molecule has 4 nitrogen and oxygen atoms in total. The molecule has 5 heteroatoms. The third kappa shape index (κ3) is 2.94. The summed E-state index contributed by atoms with van der Waals surface area (Å²) in [6.07, 6.45) is 2.73. The van der Waals surface area contributed by atoms with Crippen molar-refractivity contribution in [2.24, 2.45) is 5.92 Å². The van der Waals surface area contributed by atoms with Crippen LogP contribution in [-0.2, 0) is 0 Å². The van der Waals surface area contributed by atoms with E-state index in [9.17, 15) is 0 Å². The maximum absolute atomic E-state index is 5.62. The van der Waals surface area contributed by atoms with Crippen molar-refractivity contribution in [2.75, 3.05) is 19.7 Å². The number of nitrogens with one attached hydrogen (secondary N) is 1. The normalized spacial score (nSPS) is 16.4. The summed E-state index contributed by atoms with van der Waals surface area (Å²) in [5.74, 6) is 0.617.